The van der Waals surface area contributed by atoms with Crippen LogP contribution >= 0.6 is 11.6 Å². The number of nitrogens with one attached hydrogen (secondary N) is 1. The van der Waals surface area contributed by atoms with Crippen molar-refractivity contribution in [1.82, 2.24) is 4.31 Å². The summed E-state index contributed by atoms with van der Waals surface area (Å²) in [5.74, 6) is -0.0409. The number of benzene rings is 2. The number of nitrogens with zero attached hydrogens (tertiary/aromatic N) is 1. The molecule has 0 saturated heterocycles. The molecule has 0 aromatic heterocycles. The maximum absolute atomic E-state index is 12.9. The third-order valence-corrected chi connectivity index (χ3v) is 7.13. The quantitative estimate of drug-likeness (QED) is 0.337. The maximum Gasteiger partial charge on any atom is 0.217 e. The Bertz CT molecular complexity index is 967. The van der Waals surface area contributed by atoms with E-state index in [1.807, 2.05) is 13.8 Å². The number of phenols is 1. The monoisotopic (exact) mass is 466 g/mol. The van der Waals surface area contributed by atoms with Gasteiger partial charge in [-0.05, 0) is 58.0 Å². The number of phenolic OH excluding ortho intramolecular Hbond substituents is 1. The average Bonchev–Trinajstić information content (AvgIpc) is 2.71. The molecule has 2 aromatic carbocycles. The van der Waals surface area contributed by atoms with Gasteiger partial charge in [0.05, 0.1) is 16.9 Å². The normalized spacial score (nSPS) is 20.6. The van der Waals surface area contributed by atoms with E-state index >= 15 is 0 Å². The Morgan fingerprint density at radius 2 is 1.94 bits per heavy atom. The molecule has 2 aromatic rings. The van der Waals surface area contributed by atoms with Gasteiger partial charge in [0.25, 0.3) is 0 Å². The molecule has 1 unspecified atom stereocenters. The summed E-state index contributed by atoms with van der Waals surface area (Å²) in [7, 11) is 0. The van der Waals surface area contributed by atoms with Gasteiger partial charge in [0.2, 0.25) is 5.90 Å². The third-order valence-electron chi connectivity index (χ3n) is 5.25. The second kappa shape index (κ2) is 9.26. The van der Waals surface area contributed by atoms with Gasteiger partial charge in [-0.15, -0.1) is 4.31 Å². The molecule has 9 heteroatoms. The molecular formula is C22H27ClN2O5S. The van der Waals surface area contributed by atoms with Gasteiger partial charge in [0, 0.05) is 29.7 Å². The molecule has 0 saturated carbocycles. The van der Waals surface area contributed by atoms with Crippen LogP contribution in [-0.2, 0) is 16.1 Å². The Morgan fingerprint density at radius 3 is 2.55 bits per heavy atom. The molecular weight excluding hydrogens is 440 g/mol. The molecule has 3 rings (SSSR count). The average molecular weight is 467 g/mol. The highest BCUT2D eigenvalue weighted by atomic mass is 35.5. The number of aliphatic hydroxyl groups excluding tert-OH is 1. The zero-order valence-corrected chi connectivity index (χ0v) is 19.5. The Hall–Kier alpha value is -1.97. The highest BCUT2D eigenvalue weighted by molar-refractivity contribution is 7.89. The maximum atomic E-state index is 12.9. The summed E-state index contributed by atoms with van der Waals surface area (Å²) in [6.07, 6.45) is -2.08. The van der Waals surface area contributed by atoms with Crippen molar-refractivity contribution in [2.45, 2.75) is 50.4 Å². The van der Waals surface area contributed by atoms with Crippen LogP contribution in [0.4, 0.5) is 0 Å². The molecule has 168 valence electrons. The van der Waals surface area contributed by atoms with Crippen LogP contribution in [-0.4, -0.2) is 49.8 Å². The summed E-state index contributed by atoms with van der Waals surface area (Å²) in [6, 6.07) is 9.45. The van der Waals surface area contributed by atoms with E-state index in [-0.39, 0.29) is 17.2 Å². The Morgan fingerprint density at radius 1 is 1.26 bits per heavy atom. The summed E-state index contributed by atoms with van der Waals surface area (Å²) in [4.78, 5) is 0.549. The molecule has 1 heterocycles. The van der Waals surface area contributed by atoms with Crippen LogP contribution in [0.2, 0.25) is 5.02 Å². The van der Waals surface area contributed by atoms with E-state index in [1.165, 1.54) is 18.2 Å². The van der Waals surface area contributed by atoms with Crippen LogP contribution in [0, 0.1) is 5.41 Å². The topological polar surface area (TPSA) is 109 Å². The first-order chi connectivity index (χ1) is 14.6. The van der Waals surface area contributed by atoms with E-state index in [1.54, 1.807) is 36.4 Å². The predicted molar refractivity (Wildman–Crippen MR) is 120 cm³/mol. The lowest BCUT2D eigenvalue weighted by molar-refractivity contribution is -0.107. The Kier molecular flexibility index (Phi) is 7.08. The lowest BCUT2D eigenvalue weighted by Crippen LogP contribution is -2.50. The summed E-state index contributed by atoms with van der Waals surface area (Å²) in [5.41, 5.74) is -0.354. The van der Waals surface area contributed by atoms with Gasteiger partial charge < -0.3 is 24.2 Å². The molecule has 0 fully saturated rings. The molecule has 0 radical (unpaired) electrons. The second-order valence-electron chi connectivity index (χ2n) is 7.74. The lowest BCUT2D eigenvalue weighted by atomic mass is 9.88. The van der Waals surface area contributed by atoms with Gasteiger partial charge in [-0.3, -0.25) is 5.41 Å². The Balaban J connectivity index is 1.99. The van der Waals surface area contributed by atoms with Crippen LogP contribution in [0.25, 0.3) is 0 Å². The SMILES string of the molecule is CCN(CC)[S+]([O-])c1ccc2c(c1)[C@@H](OC(=N)c1ccc(Cl)cc1O)[C@H](O)C(C)(C)O2. The van der Waals surface area contributed by atoms with Gasteiger partial charge >= 0.3 is 0 Å². The minimum atomic E-state index is -1.39. The van der Waals surface area contributed by atoms with Crippen LogP contribution in [0.3, 0.4) is 0 Å². The largest absolute Gasteiger partial charge is 0.593 e. The van der Waals surface area contributed by atoms with Crippen LogP contribution in [0.5, 0.6) is 11.5 Å². The molecule has 0 spiro atoms. The van der Waals surface area contributed by atoms with Gasteiger partial charge in [-0.2, -0.15) is 0 Å². The molecule has 0 bridgehead atoms. The first-order valence-electron chi connectivity index (χ1n) is 10.0. The van der Waals surface area contributed by atoms with E-state index < -0.39 is 29.2 Å². The van der Waals surface area contributed by atoms with Crippen molar-refractivity contribution in [3.8, 4) is 11.5 Å². The number of halogens is 1. The molecule has 1 aliphatic heterocycles. The van der Waals surface area contributed by atoms with Crippen molar-refractivity contribution >= 4 is 28.9 Å². The molecule has 1 aliphatic rings. The fourth-order valence-corrected chi connectivity index (χ4v) is 4.80. The minimum Gasteiger partial charge on any atom is -0.593 e. The molecule has 3 N–H and O–H groups in total. The van der Waals surface area contributed by atoms with Crippen LogP contribution in [0.15, 0.2) is 41.3 Å². The van der Waals surface area contributed by atoms with Crippen molar-refractivity contribution < 1.29 is 24.2 Å². The highest BCUT2D eigenvalue weighted by Gasteiger charge is 2.45. The van der Waals surface area contributed by atoms with Crippen molar-refractivity contribution in [2.75, 3.05) is 13.1 Å². The number of fused-ring (bicyclic) bond motifs is 1. The number of hydrogen-bond acceptors (Lipinski definition) is 7. The molecule has 0 aliphatic carbocycles. The minimum absolute atomic E-state index is 0.144. The molecule has 31 heavy (non-hydrogen) atoms. The number of rotatable bonds is 6. The van der Waals surface area contributed by atoms with E-state index in [4.69, 9.17) is 26.5 Å². The summed E-state index contributed by atoms with van der Waals surface area (Å²) in [5, 5.41) is 29.8. The lowest BCUT2D eigenvalue weighted by Gasteiger charge is -2.41. The first-order valence-corrected chi connectivity index (χ1v) is 11.5. The number of hydrogen-bond donors (Lipinski definition) is 3. The number of aromatic hydroxyl groups is 1. The first kappa shape index (κ1) is 23.7. The zero-order valence-electron chi connectivity index (χ0n) is 17.9. The van der Waals surface area contributed by atoms with Gasteiger partial charge in [-0.25, -0.2) is 0 Å². The van der Waals surface area contributed by atoms with Gasteiger partial charge in [-0.1, -0.05) is 11.6 Å². The van der Waals surface area contributed by atoms with E-state index in [9.17, 15) is 14.8 Å². The molecule has 0 amide bonds. The van der Waals surface area contributed by atoms with E-state index in [0.29, 0.717) is 34.3 Å². The Labute approximate surface area is 190 Å². The fourth-order valence-electron chi connectivity index (χ4n) is 3.45. The van der Waals surface area contributed by atoms with E-state index in [2.05, 4.69) is 0 Å². The fraction of sp³-hybridized carbons (Fsp3) is 0.409. The van der Waals surface area contributed by atoms with Gasteiger partial charge in [0.1, 0.15) is 23.2 Å². The summed E-state index contributed by atoms with van der Waals surface area (Å²) < 4.78 is 26.5. The summed E-state index contributed by atoms with van der Waals surface area (Å²) >= 11 is 4.49. The van der Waals surface area contributed by atoms with Crippen molar-refractivity contribution in [2.24, 2.45) is 0 Å². The molecule has 7 nitrogen and oxygen atoms in total. The van der Waals surface area contributed by atoms with Crippen molar-refractivity contribution in [3.63, 3.8) is 0 Å². The standard InChI is InChI=1S/C22H27ClN2O5S/c1-5-25(6-2)31(28)14-8-10-18-16(12-14)19(20(27)22(3,4)30-18)29-21(24)15-9-7-13(23)11-17(15)26/h7-12,19-20,24,26-27H,5-6H2,1-4H3/t19-,20+,31?/m1/s1. The van der Waals surface area contributed by atoms with Crippen LogP contribution in [0.1, 0.15) is 44.9 Å². The zero-order chi connectivity index (χ0) is 22.9. The number of aliphatic hydroxyl groups is 1. The third kappa shape index (κ3) is 4.78. The highest BCUT2D eigenvalue weighted by Crippen LogP contribution is 2.43. The van der Waals surface area contributed by atoms with E-state index in [0.717, 1.165) is 0 Å². The predicted octanol–water partition coefficient (Wildman–Crippen LogP) is 4.03. The van der Waals surface area contributed by atoms with Gasteiger partial charge in [0.15, 0.2) is 11.0 Å². The second-order valence-corrected chi connectivity index (χ2v) is 9.66. The number of ether oxygens (including phenoxy) is 2. The molecule has 3 atom stereocenters. The smallest absolute Gasteiger partial charge is 0.217 e. The van der Waals surface area contributed by atoms with Crippen molar-refractivity contribution in [1.29, 1.82) is 5.41 Å². The van der Waals surface area contributed by atoms with Crippen LogP contribution < -0.4 is 4.74 Å². The summed E-state index contributed by atoms with van der Waals surface area (Å²) in [6.45, 7) is 8.55. The van der Waals surface area contributed by atoms with Crippen molar-refractivity contribution in [3.05, 3.63) is 52.5 Å².